The van der Waals surface area contributed by atoms with Crippen LogP contribution < -0.4 is 0 Å². The molecule has 0 radical (unpaired) electrons. The highest BCUT2D eigenvalue weighted by Gasteiger charge is 2.64. The Kier molecular flexibility index (Phi) is 11.1. The van der Waals surface area contributed by atoms with Crippen molar-refractivity contribution in [3.8, 4) is 0 Å². The first kappa shape index (κ1) is 30.2. The number of alkyl halides is 2. The zero-order valence-corrected chi connectivity index (χ0v) is 28.7. The van der Waals surface area contributed by atoms with Crippen LogP contribution >= 0.6 is 45.2 Å². The van der Waals surface area contributed by atoms with Gasteiger partial charge in [0, 0.05) is 7.35 Å². The summed E-state index contributed by atoms with van der Waals surface area (Å²) in [6.07, 6.45) is 32.0. The summed E-state index contributed by atoms with van der Waals surface area (Å²) in [6.45, 7) is 10.2. The van der Waals surface area contributed by atoms with E-state index in [4.69, 9.17) is 0 Å². The predicted molar refractivity (Wildman–Crippen MR) is 177 cm³/mol. The van der Waals surface area contributed by atoms with Crippen LogP contribution in [0, 0.1) is 34.5 Å². The molecule has 4 aliphatic carbocycles. The van der Waals surface area contributed by atoms with Crippen molar-refractivity contribution in [2.24, 2.45) is 34.5 Å². The topological polar surface area (TPSA) is 0 Å². The highest BCUT2D eigenvalue weighted by atomic mass is 127. The van der Waals surface area contributed by atoms with E-state index in [-0.39, 0.29) is 0 Å². The zero-order valence-electron chi connectivity index (χ0n) is 24.4. The first-order valence-electron chi connectivity index (χ1n) is 16.3. The van der Waals surface area contributed by atoms with Crippen molar-refractivity contribution in [2.75, 3.05) is 0 Å². The molecule has 0 aromatic rings. The Hall–Kier alpha value is 1.20. The Morgan fingerprint density at radius 1 is 0.833 bits per heavy atom. The molecule has 3 saturated carbocycles. The van der Waals surface area contributed by atoms with Gasteiger partial charge in [0.2, 0.25) is 0 Å². The summed E-state index contributed by atoms with van der Waals surface area (Å²) < 4.78 is 1.37. The van der Waals surface area contributed by atoms with Crippen LogP contribution in [0.15, 0.2) is 11.6 Å². The van der Waals surface area contributed by atoms with Crippen LogP contribution in [0.2, 0.25) is 0 Å². The number of hydrogen-bond donors (Lipinski definition) is 0. The molecule has 4 aliphatic rings. The lowest BCUT2D eigenvalue weighted by molar-refractivity contribution is -0.0353. The second kappa shape index (κ2) is 13.2. The maximum absolute atomic E-state index is 3.02. The van der Waals surface area contributed by atoms with Gasteiger partial charge in [-0.05, 0) is 92.3 Å². The Morgan fingerprint density at radius 2 is 1.44 bits per heavy atom. The van der Waals surface area contributed by atoms with Crippen LogP contribution in [0.3, 0.4) is 0 Å². The zero-order chi connectivity index (χ0) is 25.8. The third-order valence-corrected chi connectivity index (χ3v) is 17.5. The van der Waals surface area contributed by atoms with Crippen LogP contribution in [0.1, 0.15) is 156 Å². The molecule has 0 nitrogen and oxygen atoms in total. The summed E-state index contributed by atoms with van der Waals surface area (Å²) in [5.74, 6) is 3.82. The summed E-state index contributed by atoms with van der Waals surface area (Å²) in [5.41, 5.74) is 2.96. The molecular formula is C34H58I2. The van der Waals surface area contributed by atoms with Gasteiger partial charge in [-0.25, -0.2) is 0 Å². The molecule has 0 spiro atoms. The van der Waals surface area contributed by atoms with Crippen molar-refractivity contribution in [1.29, 1.82) is 0 Å². The van der Waals surface area contributed by atoms with E-state index in [0.717, 1.165) is 27.6 Å². The fraction of sp³-hybridized carbons (Fsp3) is 0.941. The molecule has 2 heteroatoms. The number of halogens is 2. The summed E-state index contributed by atoms with van der Waals surface area (Å²) in [6, 6.07) is 0. The standard InChI is InChI=1S/C34H58I2/c1-5-6-7-8-9-10-11-12-13-14-15-16-31(35)34(36)24-21-30-28-18-17-27-25-26(2)19-22-32(27,3)29(28)20-23-33(30,34)4/h17,26,28-31H,5-16,18-25H2,1-4H3/t26-,28?,29-,30-,31+,32-,33-,34-/m0/s1. The van der Waals surface area contributed by atoms with Gasteiger partial charge in [0.1, 0.15) is 0 Å². The van der Waals surface area contributed by atoms with Gasteiger partial charge < -0.3 is 0 Å². The summed E-state index contributed by atoms with van der Waals surface area (Å²) in [5, 5.41) is 0. The van der Waals surface area contributed by atoms with Crippen molar-refractivity contribution in [3.05, 3.63) is 11.6 Å². The molecule has 0 aliphatic heterocycles. The second-order valence-corrected chi connectivity index (χ2v) is 17.7. The van der Waals surface area contributed by atoms with Gasteiger partial charge in [0.15, 0.2) is 0 Å². The maximum Gasteiger partial charge on any atom is 0.0396 e. The van der Waals surface area contributed by atoms with Gasteiger partial charge in [-0.3, -0.25) is 0 Å². The fourth-order valence-electron chi connectivity index (χ4n) is 9.59. The lowest BCUT2D eigenvalue weighted by atomic mass is 9.47. The average Bonchev–Trinajstić information content (AvgIpc) is 3.14. The van der Waals surface area contributed by atoms with Gasteiger partial charge >= 0.3 is 0 Å². The Bertz CT molecular complexity index is 729. The molecule has 36 heavy (non-hydrogen) atoms. The highest BCUT2D eigenvalue weighted by molar-refractivity contribution is 14.1. The lowest BCUT2D eigenvalue weighted by Crippen LogP contribution is -2.54. The van der Waals surface area contributed by atoms with Crippen LogP contribution in [-0.4, -0.2) is 7.35 Å². The fourth-order valence-corrected chi connectivity index (χ4v) is 12.3. The predicted octanol–water partition coefficient (Wildman–Crippen LogP) is 12.3. The minimum atomic E-state index is 0.519. The maximum atomic E-state index is 3.02. The van der Waals surface area contributed by atoms with Crippen LogP contribution in [-0.2, 0) is 0 Å². The molecule has 0 aromatic carbocycles. The first-order valence-corrected chi connectivity index (χ1v) is 18.6. The van der Waals surface area contributed by atoms with E-state index < -0.39 is 0 Å². The number of hydrogen-bond acceptors (Lipinski definition) is 0. The lowest BCUT2D eigenvalue weighted by Gasteiger charge is -2.59. The van der Waals surface area contributed by atoms with Crippen molar-refractivity contribution in [1.82, 2.24) is 0 Å². The molecule has 0 amide bonds. The molecule has 208 valence electrons. The molecule has 8 atom stereocenters. The summed E-state index contributed by atoms with van der Waals surface area (Å²) >= 11 is 5.93. The van der Waals surface area contributed by atoms with E-state index in [9.17, 15) is 0 Å². The molecule has 1 unspecified atom stereocenters. The Morgan fingerprint density at radius 3 is 2.11 bits per heavy atom. The molecule has 3 fully saturated rings. The largest absolute Gasteiger partial charge is 0.0845 e. The molecular weight excluding hydrogens is 662 g/mol. The molecule has 0 saturated heterocycles. The third kappa shape index (κ3) is 6.09. The van der Waals surface area contributed by atoms with Crippen LogP contribution in [0.4, 0.5) is 0 Å². The SMILES string of the molecule is CCCCCCCCCCCCC[C@@H](I)[C@@]1(I)CC[C@H]2C3CC=C4C[C@@H](C)CC[C@]4(C)[C@H]3CC[C@@]21C. The Labute approximate surface area is 253 Å². The summed E-state index contributed by atoms with van der Waals surface area (Å²) in [7, 11) is 0. The second-order valence-electron chi connectivity index (χ2n) is 14.3. The van der Waals surface area contributed by atoms with Crippen molar-refractivity contribution >= 4 is 45.2 Å². The van der Waals surface area contributed by atoms with E-state index in [1.807, 2.05) is 5.57 Å². The summed E-state index contributed by atoms with van der Waals surface area (Å²) in [4.78, 5) is 0. The number of rotatable bonds is 13. The van der Waals surface area contributed by atoms with Crippen molar-refractivity contribution in [2.45, 2.75) is 163 Å². The monoisotopic (exact) mass is 720 g/mol. The number of allylic oxidation sites excluding steroid dienone is 2. The minimum Gasteiger partial charge on any atom is -0.0845 e. The van der Waals surface area contributed by atoms with Crippen molar-refractivity contribution in [3.63, 3.8) is 0 Å². The molecule has 0 N–H and O–H groups in total. The number of fused-ring (bicyclic) bond motifs is 5. The average molecular weight is 721 g/mol. The van der Waals surface area contributed by atoms with E-state index in [0.29, 0.717) is 14.3 Å². The molecule has 0 bridgehead atoms. The highest BCUT2D eigenvalue weighted by Crippen LogP contribution is 2.70. The number of unbranched alkanes of at least 4 members (excludes halogenated alkanes) is 10. The van der Waals surface area contributed by atoms with Crippen LogP contribution in [0.25, 0.3) is 0 Å². The van der Waals surface area contributed by atoms with Gasteiger partial charge in [-0.2, -0.15) is 0 Å². The van der Waals surface area contributed by atoms with Crippen LogP contribution in [0.5, 0.6) is 0 Å². The molecule has 0 heterocycles. The van der Waals surface area contributed by atoms with Gasteiger partial charge in [0.25, 0.3) is 0 Å². The quantitative estimate of drug-likeness (QED) is 0.0769. The van der Waals surface area contributed by atoms with Gasteiger partial charge in [-0.15, -0.1) is 0 Å². The molecule has 0 aromatic heterocycles. The molecule has 4 rings (SSSR count). The minimum absolute atomic E-state index is 0.519. The third-order valence-electron chi connectivity index (χ3n) is 12.1. The van der Waals surface area contributed by atoms with E-state index in [1.165, 1.54) is 128 Å². The van der Waals surface area contributed by atoms with E-state index >= 15 is 0 Å². The normalized spacial score (nSPS) is 40.8. The first-order chi connectivity index (χ1) is 17.3. The van der Waals surface area contributed by atoms with E-state index in [1.54, 1.807) is 0 Å². The van der Waals surface area contributed by atoms with Gasteiger partial charge in [0.05, 0.1) is 0 Å². The van der Waals surface area contributed by atoms with Crippen molar-refractivity contribution < 1.29 is 0 Å². The smallest absolute Gasteiger partial charge is 0.0396 e. The van der Waals surface area contributed by atoms with Gasteiger partial charge in [-0.1, -0.05) is 155 Å². The Balaban J connectivity index is 1.25. The van der Waals surface area contributed by atoms with E-state index in [2.05, 4.69) is 79.0 Å².